The summed E-state index contributed by atoms with van der Waals surface area (Å²) >= 11 is 0. The van der Waals surface area contributed by atoms with Crippen molar-refractivity contribution >= 4 is 29.3 Å². The van der Waals surface area contributed by atoms with Gasteiger partial charge >= 0.3 is 23.8 Å². The van der Waals surface area contributed by atoms with Gasteiger partial charge in [0.25, 0.3) is 0 Å². The number of hydrogen-bond donors (Lipinski definition) is 3. The molecule has 190 valence electrons. The van der Waals surface area contributed by atoms with Crippen LogP contribution in [0.2, 0.25) is 0 Å². The van der Waals surface area contributed by atoms with E-state index < -0.39 is 46.3 Å². The number of carboxylic acids is 1. The lowest BCUT2D eigenvalue weighted by atomic mass is 9.68. The van der Waals surface area contributed by atoms with E-state index in [0.29, 0.717) is 23.7 Å². The van der Waals surface area contributed by atoms with Crippen molar-refractivity contribution in [1.29, 1.82) is 0 Å². The summed E-state index contributed by atoms with van der Waals surface area (Å²) in [4.78, 5) is 24.0. The number of amides is 1. The molecule has 3 N–H and O–H groups in total. The molecular formula is C25H25F3N4O4. The largest absolute Gasteiger partial charge is 0.481 e. The first-order valence-electron chi connectivity index (χ1n) is 11.4. The molecule has 11 heteroatoms. The van der Waals surface area contributed by atoms with Crippen LogP contribution in [0.25, 0.3) is 0 Å². The van der Waals surface area contributed by atoms with Crippen LogP contribution in [-0.4, -0.2) is 27.2 Å². The summed E-state index contributed by atoms with van der Waals surface area (Å²) in [6.07, 6.45) is 3.46. The van der Waals surface area contributed by atoms with Gasteiger partial charge in [0.15, 0.2) is 11.6 Å². The third-order valence-electron chi connectivity index (χ3n) is 6.81. The number of aliphatic carboxylic acids is 1. The minimum Gasteiger partial charge on any atom is -0.481 e. The van der Waals surface area contributed by atoms with Crippen LogP contribution in [0.3, 0.4) is 0 Å². The molecule has 1 aromatic heterocycles. The van der Waals surface area contributed by atoms with E-state index in [-0.39, 0.29) is 11.9 Å². The number of nitrogens with one attached hydrogen (secondary N) is 2. The first kappa shape index (κ1) is 25.2. The third-order valence-corrected chi connectivity index (χ3v) is 6.81. The Labute approximate surface area is 204 Å². The minimum absolute atomic E-state index is 0.136. The Kier molecular flexibility index (Phi) is 7.00. The topological polar surface area (TPSA) is 117 Å². The second kappa shape index (κ2) is 10.00. The van der Waals surface area contributed by atoms with Gasteiger partial charge in [-0.1, -0.05) is 17.2 Å². The molecule has 8 nitrogen and oxygen atoms in total. The lowest BCUT2D eigenvalue weighted by Crippen LogP contribution is -2.35. The molecule has 0 radical (unpaired) electrons. The normalized spacial score (nSPS) is 18.0. The average molecular weight is 502 g/mol. The Balaban J connectivity index is 1.34. The lowest BCUT2D eigenvalue weighted by molar-refractivity contribution is -0.150. The lowest BCUT2D eigenvalue weighted by Gasteiger charge is -2.36. The molecule has 0 aliphatic heterocycles. The summed E-state index contributed by atoms with van der Waals surface area (Å²) in [5.74, 6) is -5.12. The summed E-state index contributed by atoms with van der Waals surface area (Å²) in [6.45, 7) is 3.56. The van der Waals surface area contributed by atoms with Crippen LogP contribution in [0, 0.1) is 28.8 Å². The molecule has 0 unspecified atom stereocenters. The van der Waals surface area contributed by atoms with Crippen LogP contribution < -0.4 is 10.6 Å². The maximum Gasteiger partial charge on any atom is 0.320 e. The quantitative estimate of drug-likeness (QED) is 0.346. The van der Waals surface area contributed by atoms with Crippen molar-refractivity contribution in [2.45, 2.75) is 45.4 Å². The molecule has 1 aliphatic rings. The second-order valence-electron chi connectivity index (χ2n) is 9.44. The number of carbonyl (C=O) groups excluding carboxylic acids is 1. The number of halogens is 3. The van der Waals surface area contributed by atoms with Crippen molar-refractivity contribution in [2.24, 2.45) is 11.3 Å². The van der Waals surface area contributed by atoms with Crippen LogP contribution in [-0.2, 0) is 4.79 Å². The first-order chi connectivity index (χ1) is 17.0. The molecule has 1 heterocycles. The Morgan fingerprint density at radius 3 is 2.25 bits per heavy atom. The molecule has 2 aromatic carbocycles. The maximum atomic E-state index is 13.8. The summed E-state index contributed by atoms with van der Waals surface area (Å²) in [6, 6.07) is 7.90. The number of benzene rings is 2. The Hall–Kier alpha value is -3.89. The summed E-state index contributed by atoms with van der Waals surface area (Å²) in [5.41, 5.74) is 0.425. The smallest absolute Gasteiger partial charge is 0.320 e. The van der Waals surface area contributed by atoms with E-state index >= 15 is 0 Å². The number of anilines is 3. The van der Waals surface area contributed by atoms with E-state index in [4.69, 9.17) is 4.42 Å². The van der Waals surface area contributed by atoms with E-state index in [1.807, 2.05) is 12.1 Å². The molecule has 1 aliphatic carbocycles. The van der Waals surface area contributed by atoms with Crippen molar-refractivity contribution in [3.8, 4) is 0 Å². The highest BCUT2D eigenvalue weighted by Crippen LogP contribution is 2.43. The highest BCUT2D eigenvalue weighted by Gasteiger charge is 2.39. The second-order valence-corrected chi connectivity index (χ2v) is 9.44. The molecule has 0 spiro atoms. The number of nitrogens with zero attached hydrogens (tertiary/aromatic N) is 2. The summed E-state index contributed by atoms with van der Waals surface area (Å²) in [5, 5.41) is 21.5. The monoisotopic (exact) mass is 502 g/mol. The molecule has 1 saturated carbocycles. The van der Waals surface area contributed by atoms with Crippen molar-refractivity contribution in [1.82, 2.24) is 10.2 Å². The van der Waals surface area contributed by atoms with Crippen LogP contribution in [0.4, 0.5) is 30.6 Å². The van der Waals surface area contributed by atoms with Crippen molar-refractivity contribution in [2.75, 3.05) is 10.6 Å². The first-order valence-corrected chi connectivity index (χ1v) is 11.4. The van der Waals surface area contributed by atoms with Gasteiger partial charge in [0.2, 0.25) is 0 Å². The van der Waals surface area contributed by atoms with Crippen LogP contribution in [0.15, 0.2) is 40.8 Å². The predicted octanol–water partition coefficient (Wildman–Crippen LogP) is 5.87. The van der Waals surface area contributed by atoms with Gasteiger partial charge in [-0.05, 0) is 69.1 Å². The van der Waals surface area contributed by atoms with Gasteiger partial charge in [-0.25, -0.2) is 13.2 Å². The van der Waals surface area contributed by atoms with Crippen molar-refractivity contribution < 1.29 is 32.3 Å². The molecule has 1 fully saturated rings. The zero-order chi connectivity index (χ0) is 26.0. The molecule has 1 amide bonds. The number of hydrogen-bond acceptors (Lipinski definition) is 6. The van der Waals surface area contributed by atoms with Crippen molar-refractivity contribution in [3.05, 3.63) is 65.3 Å². The molecule has 0 bridgehead atoms. The van der Waals surface area contributed by atoms with Gasteiger partial charge in [-0.2, -0.15) is 0 Å². The molecule has 0 saturated heterocycles. The van der Waals surface area contributed by atoms with Gasteiger partial charge in [0.1, 0.15) is 5.82 Å². The van der Waals surface area contributed by atoms with Gasteiger partial charge < -0.3 is 20.2 Å². The maximum absolute atomic E-state index is 13.8. The van der Waals surface area contributed by atoms with E-state index in [9.17, 15) is 27.9 Å². The Bertz CT molecular complexity index is 1270. The predicted molar refractivity (Wildman–Crippen MR) is 124 cm³/mol. The van der Waals surface area contributed by atoms with Gasteiger partial charge in [-0.3, -0.25) is 9.59 Å². The van der Waals surface area contributed by atoms with E-state index in [1.54, 1.807) is 26.0 Å². The number of aromatic nitrogens is 2. The third kappa shape index (κ3) is 5.34. The Morgan fingerprint density at radius 2 is 1.61 bits per heavy atom. The summed E-state index contributed by atoms with van der Waals surface area (Å²) in [7, 11) is 0. The SMILES string of the molecule is CC(C)(C(=O)O)C1CCC(c2ccc(NC(=O)c3nnc(Nc4cc(F)c(F)cc4F)o3)cc2)CC1. The van der Waals surface area contributed by atoms with Gasteiger partial charge in [0.05, 0.1) is 11.1 Å². The fourth-order valence-electron chi connectivity index (χ4n) is 4.45. The number of carbonyl (C=O) groups is 2. The Morgan fingerprint density at radius 1 is 0.972 bits per heavy atom. The van der Waals surface area contributed by atoms with Crippen LogP contribution >= 0.6 is 0 Å². The zero-order valence-corrected chi connectivity index (χ0v) is 19.6. The van der Waals surface area contributed by atoms with Gasteiger partial charge in [-0.15, -0.1) is 5.10 Å². The van der Waals surface area contributed by atoms with Crippen molar-refractivity contribution in [3.63, 3.8) is 0 Å². The standard InChI is InChI=1S/C25H25F3N4O4/c1-25(2,23(34)35)15-7-3-13(4-8-15)14-5-9-16(10-6-14)29-21(33)22-31-32-24(36-22)30-20-12-18(27)17(26)11-19(20)28/h5-6,9-13,15H,3-4,7-8H2,1-2H3,(H,29,33)(H,30,32)(H,34,35). The molecular weight excluding hydrogens is 477 g/mol. The molecule has 36 heavy (non-hydrogen) atoms. The van der Waals surface area contributed by atoms with E-state index in [2.05, 4.69) is 20.8 Å². The number of rotatable bonds is 7. The highest BCUT2D eigenvalue weighted by atomic mass is 19.2. The fraction of sp³-hybridized carbons (Fsp3) is 0.360. The molecule has 0 atom stereocenters. The minimum atomic E-state index is -1.34. The van der Waals surface area contributed by atoms with E-state index in [1.165, 1.54) is 0 Å². The van der Waals surface area contributed by atoms with Crippen LogP contribution in [0.1, 0.15) is 61.7 Å². The number of carboxylic acid groups (broad SMARTS) is 1. The zero-order valence-electron chi connectivity index (χ0n) is 19.6. The van der Waals surface area contributed by atoms with Crippen LogP contribution in [0.5, 0.6) is 0 Å². The fourth-order valence-corrected chi connectivity index (χ4v) is 4.45. The summed E-state index contributed by atoms with van der Waals surface area (Å²) < 4.78 is 45.3. The van der Waals surface area contributed by atoms with E-state index in [0.717, 1.165) is 31.2 Å². The highest BCUT2D eigenvalue weighted by molar-refractivity contribution is 6.00. The average Bonchev–Trinajstić information content (AvgIpc) is 3.32. The molecule has 3 aromatic rings. The molecule has 4 rings (SSSR count). The van der Waals surface area contributed by atoms with Gasteiger partial charge in [0, 0.05) is 17.8 Å².